The van der Waals surface area contributed by atoms with E-state index in [4.69, 9.17) is 4.43 Å². The monoisotopic (exact) mass is 341 g/mol. The average Bonchev–Trinajstić information content (AvgIpc) is 2.75. The number of nitrogens with zero attached hydrogens (tertiary/aromatic N) is 2. The highest BCUT2D eigenvalue weighted by Gasteiger charge is 2.39. The summed E-state index contributed by atoms with van der Waals surface area (Å²) in [6.07, 6.45) is 0. The van der Waals surface area contributed by atoms with Gasteiger partial charge in [-0.25, -0.2) is 0 Å². The first-order valence-electron chi connectivity index (χ1n) is 8.18. The fourth-order valence-corrected chi connectivity index (χ4v) is 3.20. The lowest BCUT2D eigenvalue weighted by atomic mass is 10.2. The van der Waals surface area contributed by atoms with Crippen molar-refractivity contribution in [3.8, 4) is 11.8 Å². The molecule has 0 saturated heterocycles. The highest BCUT2D eigenvalue weighted by molar-refractivity contribution is 6.74. The number of para-hydroxylation sites is 2. The molecule has 0 aliphatic rings. The molecule has 0 radical (unpaired) electrons. The van der Waals surface area contributed by atoms with Gasteiger partial charge in [0.15, 0.2) is 0 Å². The molecule has 0 aliphatic heterocycles. The summed E-state index contributed by atoms with van der Waals surface area (Å²) in [4.78, 5) is 0. The van der Waals surface area contributed by atoms with Gasteiger partial charge >= 0.3 is 0 Å². The smallest absolute Gasteiger partial charge is 0.250 e. The fraction of sp³-hybridized carbons (Fsp3) is 0.421. The second-order valence-corrected chi connectivity index (χ2v) is 12.4. The fourth-order valence-electron chi connectivity index (χ4n) is 2.17. The van der Waals surface area contributed by atoms with Crippen molar-refractivity contribution in [1.29, 1.82) is 5.26 Å². The molecular formula is C19H27N3OSi. The highest BCUT2D eigenvalue weighted by Crippen LogP contribution is 2.40. The zero-order valence-corrected chi connectivity index (χ0v) is 16.7. The maximum atomic E-state index is 9.20. The molecule has 0 saturated carbocycles. The van der Waals surface area contributed by atoms with Crippen LogP contribution in [0.2, 0.25) is 18.1 Å². The summed E-state index contributed by atoms with van der Waals surface area (Å²) in [5.74, 6) is 0.867. The quantitative estimate of drug-likeness (QED) is 0.764. The third-order valence-corrected chi connectivity index (χ3v) is 9.32. The minimum atomic E-state index is -1.92. The van der Waals surface area contributed by atoms with E-state index in [0.717, 1.165) is 22.8 Å². The Labute approximate surface area is 146 Å². The maximum Gasteiger partial charge on any atom is 0.250 e. The summed E-state index contributed by atoms with van der Waals surface area (Å²) in [5.41, 5.74) is 3.52. The van der Waals surface area contributed by atoms with Crippen molar-refractivity contribution in [2.45, 2.75) is 45.8 Å². The lowest BCUT2D eigenvalue weighted by Crippen LogP contribution is -2.44. The SMILES string of the molecule is Cc1c(Nc2ccccc2O[Si](C)(C)C(C)(C)C)cc(C#N)n1C. The number of nitrogens with one attached hydrogen (secondary N) is 1. The van der Waals surface area contributed by atoms with E-state index in [2.05, 4.69) is 45.3 Å². The Morgan fingerprint density at radius 2 is 1.79 bits per heavy atom. The van der Waals surface area contributed by atoms with Gasteiger partial charge in [0.25, 0.3) is 8.32 Å². The molecule has 24 heavy (non-hydrogen) atoms. The van der Waals surface area contributed by atoms with E-state index in [1.54, 1.807) is 0 Å². The first-order chi connectivity index (χ1) is 11.1. The van der Waals surface area contributed by atoms with Crippen molar-refractivity contribution in [2.24, 2.45) is 7.05 Å². The minimum absolute atomic E-state index is 0.136. The van der Waals surface area contributed by atoms with E-state index in [1.807, 2.05) is 48.9 Å². The van der Waals surface area contributed by atoms with Crippen LogP contribution < -0.4 is 9.74 Å². The Balaban J connectivity index is 2.36. The Morgan fingerprint density at radius 1 is 1.17 bits per heavy atom. The zero-order valence-electron chi connectivity index (χ0n) is 15.7. The van der Waals surface area contributed by atoms with E-state index >= 15 is 0 Å². The molecule has 4 nitrogen and oxygen atoms in total. The summed E-state index contributed by atoms with van der Waals surface area (Å²) < 4.78 is 8.37. The van der Waals surface area contributed by atoms with E-state index in [-0.39, 0.29) is 5.04 Å². The molecule has 0 unspecified atom stereocenters. The third kappa shape index (κ3) is 3.49. The number of benzene rings is 1. The molecular weight excluding hydrogens is 314 g/mol. The van der Waals surface area contributed by atoms with Crippen molar-refractivity contribution >= 4 is 19.7 Å². The van der Waals surface area contributed by atoms with Crippen LogP contribution in [0.15, 0.2) is 30.3 Å². The largest absolute Gasteiger partial charge is 0.542 e. The van der Waals surface area contributed by atoms with Crippen molar-refractivity contribution in [3.05, 3.63) is 41.7 Å². The Bertz CT molecular complexity index is 779. The van der Waals surface area contributed by atoms with Crippen LogP contribution in [0, 0.1) is 18.3 Å². The van der Waals surface area contributed by atoms with Crippen LogP contribution in [0.4, 0.5) is 11.4 Å². The molecule has 2 rings (SSSR count). The van der Waals surface area contributed by atoms with Crippen molar-refractivity contribution < 1.29 is 4.43 Å². The highest BCUT2D eigenvalue weighted by atomic mass is 28.4. The molecule has 5 heteroatoms. The Morgan fingerprint density at radius 3 is 2.33 bits per heavy atom. The van der Waals surface area contributed by atoms with Gasteiger partial charge in [-0.2, -0.15) is 5.26 Å². The molecule has 2 aromatic rings. The van der Waals surface area contributed by atoms with Gasteiger partial charge in [0.2, 0.25) is 0 Å². The van der Waals surface area contributed by atoms with Crippen molar-refractivity contribution in [3.63, 3.8) is 0 Å². The number of hydrogen-bond donors (Lipinski definition) is 1. The second kappa shape index (κ2) is 6.37. The zero-order chi connectivity index (χ0) is 18.1. The predicted molar refractivity (Wildman–Crippen MR) is 102 cm³/mol. The van der Waals surface area contributed by atoms with Gasteiger partial charge < -0.3 is 14.3 Å². The van der Waals surface area contributed by atoms with Gasteiger partial charge in [0.1, 0.15) is 17.5 Å². The molecule has 0 bridgehead atoms. The first-order valence-corrected chi connectivity index (χ1v) is 11.1. The van der Waals surface area contributed by atoms with Crippen LogP contribution in [0.3, 0.4) is 0 Å². The predicted octanol–water partition coefficient (Wildman–Crippen LogP) is 5.33. The van der Waals surface area contributed by atoms with Crippen molar-refractivity contribution in [2.75, 3.05) is 5.32 Å². The van der Waals surface area contributed by atoms with E-state index in [9.17, 15) is 5.26 Å². The van der Waals surface area contributed by atoms with Crippen LogP contribution in [-0.4, -0.2) is 12.9 Å². The van der Waals surface area contributed by atoms with E-state index < -0.39 is 8.32 Å². The second-order valence-electron chi connectivity index (χ2n) is 7.68. The Hall–Kier alpha value is -2.19. The van der Waals surface area contributed by atoms with Gasteiger partial charge in [0, 0.05) is 12.7 Å². The summed E-state index contributed by atoms with van der Waals surface area (Å²) in [6.45, 7) is 13.2. The molecule has 1 N–H and O–H groups in total. The molecule has 0 amide bonds. The van der Waals surface area contributed by atoms with Crippen LogP contribution in [0.25, 0.3) is 0 Å². The average molecular weight is 342 g/mol. The van der Waals surface area contributed by atoms with Crippen LogP contribution in [0.1, 0.15) is 32.2 Å². The third-order valence-electron chi connectivity index (χ3n) is 4.98. The Kier molecular flexibility index (Phi) is 4.81. The maximum absolute atomic E-state index is 9.20. The van der Waals surface area contributed by atoms with Gasteiger partial charge in [0.05, 0.1) is 11.4 Å². The number of anilines is 2. The minimum Gasteiger partial charge on any atom is -0.542 e. The molecule has 0 fully saturated rings. The topological polar surface area (TPSA) is 50.0 Å². The normalized spacial score (nSPS) is 11.9. The van der Waals surface area contributed by atoms with Crippen LogP contribution in [0.5, 0.6) is 5.75 Å². The van der Waals surface area contributed by atoms with Gasteiger partial charge in [-0.05, 0) is 43.3 Å². The van der Waals surface area contributed by atoms with Gasteiger partial charge in [-0.3, -0.25) is 0 Å². The van der Waals surface area contributed by atoms with Crippen molar-refractivity contribution in [1.82, 2.24) is 4.57 Å². The first kappa shape index (κ1) is 18.1. The molecule has 0 spiro atoms. The van der Waals surface area contributed by atoms with Gasteiger partial charge in [-0.1, -0.05) is 32.9 Å². The van der Waals surface area contributed by atoms with E-state index in [0.29, 0.717) is 5.69 Å². The standard InChI is InChI=1S/C19H27N3OSi/c1-14-17(12-15(13-20)22(14)5)21-16-10-8-9-11-18(16)23-24(6,7)19(2,3)4/h8-12,21H,1-7H3. The number of rotatable bonds is 4. The summed E-state index contributed by atoms with van der Waals surface area (Å²) >= 11 is 0. The summed E-state index contributed by atoms with van der Waals surface area (Å²) in [7, 11) is -0.0182. The van der Waals surface area contributed by atoms with E-state index in [1.165, 1.54) is 0 Å². The number of aromatic nitrogens is 1. The molecule has 1 aromatic carbocycles. The van der Waals surface area contributed by atoms with Gasteiger partial charge in [-0.15, -0.1) is 0 Å². The number of nitriles is 1. The lowest BCUT2D eigenvalue weighted by Gasteiger charge is -2.37. The summed E-state index contributed by atoms with van der Waals surface area (Å²) in [6, 6.07) is 12.1. The lowest BCUT2D eigenvalue weighted by molar-refractivity contribution is 0.494. The molecule has 0 aliphatic carbocycles. The molecule has 1 aromatic heterocycles. The summed E-state index contributed by atoms with van der Waals surface area (Å²) in [5, 5.41) is 12.8. The van der Waals surface area contributed by atoms with Crippen LogP contribution in [-0.2, 0) is 7.05 Å². The number of hydrogen-bond acceptors (Lipinski definition) is 3. The van der Waals surface area contributed by atoms with Crippen LogP contribution >= 0.6 is 0 Å². The molecule has 128 valence electrons. The molecule has 0 atom stereocenters. The molecule has 1 heterocycles.